The molecule has 7 heteroatoms. The number of aryl methyl sites for hydroxylation is 1. The second-order valence-electron chi connectivity index (χ2n) is 5.65. The van der Waals surface area contributed by atoms with Crippen molar-refractivity contribution in [1.82, 2.24) is 14.7 Å². The summed E-state index contributed by atoms with van der Waals surface area (Å²) in [5.74, 6) is 0.999. The topological polar surface area (TPSA) is 73.0 Å². The van der Waals surface area contributed by atoms with Gasteiger partial charge in [0.15, 0.2) is 11.0 Å². The summed E-state index contributed by atoms with van der Waals surface area (Å²) < 4.78 is 7.03. The van der Waals surface area contributed by atoms with E-state index in [-0.39, 0.29) is 11.2 Å². The highest BCUT2D eigenvalue weighted by atomic mass is 32.2. The van der Waals surface area contributed by atoms with Crippen LogP contribution in [-0.4, -0.2) is 25.9 Å². The molecular formula is C18H20N4O2S. The number of carbonyl (C=O) groups is 1. The molecule has 0 aliphatic carbocycles. The molecule has 3 rings (SSSR count). The lowest BCUT2D eigenvalue weighted by Gasteiger charge is -2.14. The van der Waals surface area contributed by atoms with Gasteiger partial charge in [0.2, 0.25) is 5.91 Å². The van der Waals surface area contributed by atoms with E-state index in [0.29, 0.717) is 18.0 Å². The molecule has 0 fully saturated rings. The first kappa shape index (κ1) is 17.3. The van der Waals surface area contributed by atoms with Gasteiger partial charge in [-0.25, -0.2) is 4.98 Å². The first-order valence-electron chi connectivity index (χ1n) is 8.11. The number of thioether (sulfide) groups is 1. The van der Waals surface area contributed by atoms with Gasteiger partial charge in [0.25, 0.3) is 0 Å². The van der Waals surface area contributed by atoms with Crippen LogP contribution in [0.3, 0.4) is 0 Å². The van der Waals surface area contributed by atoms with Crippen molar-refractivity contribution in [2.45, 2.75) is 37.2 Å². The second kappa shape index (κ2) is 8.02. The fourth-order valence-electron chi connectivity index (χ4n) is 2.40. The molecule has 1 amide bonds. The molecule has 0 aliphatic rings. The van der Waals surface area contributed by atoms with Crippen LogP contribution in [0.2, 0.25) is 0 Å². The van der Waals surface area contributed by atoms with Gasteiger partial charge in [-0.15, -0.1) is 0 Å². The van der Waals surface area contributed by atoms with Crippen molar-refractivity contribution < 1.29 is 9.32 Å². The molecule has 2 heterocycles. The monoisotopic (exact) mass is 356 g/mol. The maximum atomic E-state index is 12.5. The van der Waals surface area contributed by atoms with Crippen LogP contribution in [0, 0.1) is 6.92 Å². The third-order valence-electron chi connectivity index (χ3n) is 3.66. The lowest BCUT2D eigenvalue weighted by Crippen LogP contribution is -2.25. The average Bonchev–Trinajstić information content (AvgIpc) is 3.22. The third-order valence-corrected chi connectivity index (χ3v) is 5.05. The van der Waals surface area contributed by atoms with E-state index < -0.39 is 0 Å². The van der Waals surface area contributed by atoms with E-state index in [9.17, 15) is 4.79 Å². The predicted octanol–water partition coefficient (Wildman–Crippen LogP) is 3.74. The van der Waals surface area contributed by atoms with Crippen molar-refractivity contribution in [1.29, 1.82) is 0 Å². The van der Waals surface area contributed by atoms with Crippen LogP contribution < -0.4 is 5.32 Å². The van der Waals surface area contributed by atoms with Gasteiger partial charge in [-0.3, -0.25) is 4.79 Å². The highest BCUT2D eigenvalue weighted by Crippen LogP contribution is 2.26. The molecule has 0 radical (unpaired) electrons. The summed E-state index contributed by atoms with van der Waals surface area (Å²) in [6.07, 6.45) is 4.38. The Morgan fingerprint density at radius 1 is 1.36 bits per heavy atom. The summed E-state index contributed by atoms with van der Waals surface area (Å²) in [4.78, 5) is 16.9. The number of amides is 1. The molecule has 2 aromatic heterocycles. The lowest BCUT2D eigenvalue weighted by molar-refractivity contribution is -0.115. The number of imidazole rings is 1. The van der Waals surface area contributed by atoms with Crippen LogP contribution in [0.1, 0.15) is 24.7 Å². The normalized spacial score (nSPS) is 12.1. The highest BCUT2D eigenvalue weighted by Gasteiger charge is 2.21. The Bertz CT molecular complexity index is 828. The van der Waals surface area contributed by atoms with E-state index in [1.807, 2.05) is 31.3 Å². The van der Waals surface area contributed by atoms with Gasteiger partial charge >= 0.3 is 0 Å². The Kier molecular flexibility index (Phi) is 5.55. The highest BCUT2D eigenvalue weighted by molar-refractivity contribution is 8.00. The van der Waals surface area contributed by atoms with Gasteiger partial charge in [0, 0.05) is 25.0 Å². The van der Waals surface area contributed by atoms with Crippen molar-refractivity contribution in [2.24, 2.45) is 0 Å². The molecule has 1 N–H and O–H groups in total. The maximum absolute atomic E-state index is 12.5. The zero-order valence-electron chi connectivity index (χ0n) is 14.2. The Balaban J connectivity index is 1.67. The molecular weight excluding hydrogens is 336 g/mol. The first-order valence-corrected chi connectivity index (χ1v) is 8.99. The molecule has 0 aliphatic heterocycles. The summed E-state index contributed by atoms with van der Waals surface area (Å²) in [7, 11) is 0. The number of anilines is 1. The minimum atomic E-state index is -0.256. The smallest absolute Gasteiger partial charge is 0.239 e. The largest absolute Gasteiger partial charge is 0.360 e. The van der Waals surface area contributed by atoms with E-state index in [0.717, 1.165) is 11.7 Å². The predicted molar refractivity (Wildman–Crippen MR) is 97.6 cm³/mol. The number of nitrogens with one attached hydrogen (secondary N) is 1. The van der Waals surface area contributed by atoms with E-state index >= 15 is 0 Å². The van der Waals surface area contributed by atoms with Gasteiger partial charge in [0.1, 0.15) is 5.76 Å². The van der Waals surface area contributed by atoms with Crippen molar-refractivity contribution in [3.8, 4) is 0 Å². The molecule has 130 valence electrons. The van der Waals surface area contributed by atoms with Gasteiger partial charge in [0.05, 0.1) is 5.25 Å². The number of rotatable bonds is 7. The lowest BCUT2D eigenvalue weighted by atomic mass is 10.2. The van der Waals surface area contributed by atoms with Gasteiger partial charge in [-0.05, 0) is 18.9 Å². The molecule has 0 spiro atoms. The molecule has 1 unspecified atom stereocenters. The summed E-state index contributed by atoms with van der Waals surface area (Å²) >= 11 is 1.46. The van der Waals surface area contributed by atoms with Crippen LogP contribution in [-0.2, 0) is 11.3 Å². The standard InChI is InChI=1S/C18H20N4O2S/c1-3-15(17(23)20-16-11-13(2)24-21-16)25-18-19-9-10-22(18)12-14-7-5-4-6-8-14/h4-11,15H,3,12H2,1-2H3,(H,20,21,23). The summed E-state index contributed by atoms with van der Waals surface area (Å²) in [6.45, 7) is 4.49. The Hall–Kier alpha value is -2.54. The zero-order chi connectivity index (χ0) is 17.6. The number of nitrogens with zero attached hydrogens (tertiary/aromatic N) is 3. The number of aromatic nitrogens is 3. The number of hydrogen-bond donors (Lipinski definition) is 1. The summed E-state index contributed by atoms with van der Waals surface area (Å²) in [5, 5.41) is 7.17. The van der Waals surface area contributed by atoms with Crippen LogP contribution >= 0.6 is 11.8 Å². The SMILES string of the molecule is CCC(Sc1nccn1Cc1ccccc1)C(=O)Nc1cc(C)on1. The number of hydrogen-bond acceptors (Lipinski definition) is 5. The molecule has 0 saturated carbocycles. The fourth-order valence-corrected chi connectivity index (χ4v) is 3.37. The van der Waals surface area contributed by atoms with Crippen LogP contribution in [0.5, 0.6) is 0 Å². The van der Waals surface area contributed by atoms with Gasteiger partial charge in [-0.1, -0.05) is 54.2 Å². The second-order valence-corrected chi connectivity index (χ2v) is 6.82. The molecule has 0 bridgehead atoms. The number of benzene rings is 1. The van der Waals surface area contributed by atoms with E-state index in [1.165, 1.54) is 17.3 Å². The average molecular weight is 356 g/mol. The van der Waals surface area contributed by atoms with E-state index in [4.69, 9.17) is 4.52 Å². The van der Waals surface area contributed by atoms with Crippen LogP contribution in [0.4, 0.5) is 5.82 Å². The zero-order valence-corrected chi connectivity index (χ0v) is 15.0. The maximum Gasteiger partial charge on any atom is 0.239 e. The molecule has 0 saturated heterocycles. The molecule has 3 aromatic rings. The van der Waals surface area contributed by atoms with Crippen molar-refractivity contribution in [3.63, 3.8) is 0 Å². The summed E-state index contributed by atoms with van der Waals surface area (Å²) in [6, 6.07) is 11.9. The van der Waals surface area contributed by atoms with Crippen molar-refractivity contribution in [3.05, 3.63) is 60.1 Å². The molecule has 6 nitrogen and oxygen atoms in total. The minimum Gasteiger partial charge on any atom is -0.360 e. The van der Waals surface area contributed by atoms with Gasteiger partial charge < -0.3 is 14.4 Å². The van der Waals surface area contributed by atoms with E-state index in [2.05, 4.69) is 32.2 Å². The Morgan fingerprint density at radius 3 is 2.84 bits per heavy atom. The molecule has 1 aromatic carbocycles. The van der Waals surface area contributed by atoms with Crippen molar-refractivity contribution in [2.75, 3.05) is 5.32 Å². The van der Waals surface area contributed by atoms with Crippen LogP contribution in [0.15, 0.2) is 58.5 Å². The Morgan fingerprint density at radius 2 is 2.16 bits per heavy atom. The third kappa shape index (κ3) is 4.51. The Labute approximate surface area is 150 Å². The van der Waals surface area contributed by atoms with Gasteiger partial charge in [-0.2, -0.15) is 0 Å². The van der Waals surface area contributed by atoms with Crippen LogP contribution in [0.25, 0.3) is 0 Å². The first-order chi connectivity index (χ1) is 12.2. The summed E-state index contributed by atoms with van der Waals surface area (Å²) in [5.41, 5.74) is 1.19. The fraction of sp³-hybridized carbons (Fsp3) is 0.278. The quantitative estimate of drug-likeness (QED) is 0.653. The number of carbonyl (C=O) groups excluding carboxylic acids is 1. The molecule has 1 atom stereocenters. The van der Waals surface area contributed by atoms with Crippen molar-refractivity contribution >= 4 is 23.5 Å². The minimum absolute atomic E-state index is 0.102. The van der Waals surface area contributed by atoms with E-state index in [1.54, 1.807) is 19.2 Å². The molecule has 25 heavy (non-hydrogen) atoms.